The minimum atomic E-state index is 0.551. The molecule has 1 rings (SSSR count). The molecule has 0 aliphatic heterocycles. The van der Waals surface area contributed by atoms with E-state index in [9.17, 15) is 0 Å². The number of hydrazine groups is 1. The van der Waals surface area contributed by atoms with Crippen LogP contribution in [-0.4, -0.2) is 6.04 Å². The lowest BCUT2D eigenvalue weighted by Crippen LogP contribution is -2.37. The summed E-state index contributed by atoms with van der Waals surface area (Å²) in [6, 6.07) is 0.551. The van der Waals surface area contributed by atoms with Gasteiger partial charge in [-0.1, -0.05) is 52.4 Å². The van der Waals surface area contributed by atoms with Crippen molar-refractivity contribution in [2.45, 2.75) is 71.3 Å². The molecule has 15 heavy (non-hydrogen) atoms. The fourth-order valence-electron chi connectivity index (χ4n) is 2.98. The molecular weight excluding hydrogens is 184 g/mol. The Bertz CT molecular complexity index is 153. The second-order valence-corrected chi connectivity index (χ2v) is 5.38. The molecular formula is C13H28N2. The Morgan fingerprint density at radius 1 is 1.33 bits per heavy atom. The molecule has 0 radical (unpaired) electrons. The van der Waals surface area contributed by atoms with Crippen LogP contribution >= 0.6 is 0 Å². The van der Waals surface area contributed by atoms with E-state index in [2.05, 4.69) is 19.3 Å². The Balaban J connectivity index is 2.21. The number of nitrogens with one attached hydrogen (secondary N) is 1. The van der Waals surface area contributed by atoms with Gasteiger partial charge in [0.2, 0.25) is 0 Å². The summed E-state index contributed by atoms with van der Waals surface area (Å²) in [5, 5.41) is 0. The highest BCUT2D eigenvalue weighted by Crippen LogP contribution is 2.30. The van der Waals surface area contributed by atoms with Gasteiger partial charge in [0.25, 0.3) is 0 Å². The van der Waals surface area contributed by atoms with Gasteiger partial charge < -0.3 is 0 Å². The number of rotatable bonds is 7. The molecule has 0 heterocycles. The fourth-order valence-corrected chi connectivity index (χ4v) is 2.98. The van der Waals surface area contributed by atoms with Gasteiger partial charge in [0, 0.05) is 6.04 Å². The van der Waals surface area contributed by atoms with E-state index in [1.807, 2.05) is 0 Å². The molecule has 0 bridgehead atoms. The first-order valence-electron chi connectivity index (χ1n) is 6.72. The lowest BCUT2D eigenvalue weighted by molar-refractivity contribution is 0.326. The smallest absolute Gasteiger partial charge is 0.0215 e. The zero-order valence-electron chi connectivity index (χ0n) is 10.5. The maximum atomic E-state index is 5.65. The van der Waals surface area contributed by atoms with Crippen LogP contribution in [-0.2, 0) is 0 Å². The topological polar surface area (TPSA) is 38.0 Å². The highest BCUT2D eigenvalue weighted by atomic mass is 15.2. The highest BCUT2D eigenvalue weighted by molar-refractivity contribution is 4.75. The van der Waals surface area contributed by atoms with Gasteiger partial charge in [-0.25, -0.2) is 0 Å². The quantitative estimate of drug-likeness (QED) is 0.502. The molecule has 1 fully saturated rings. The van der Waals surface area contributed by atoms with Gasteiger partial charge in [-0.15, -0.1) is 0 Å². The molecule has 1 aliphatic carbocycles. The molecule has 2 unspecified atom stereocenters. The minimum absolute atomic E-state index is 0.551. The molecule has 0 aromatic carbocycles. The van der Waals surface area contributed by atoms with Gasteiger partial charge in [-0.05, 0) is 24.7 Å². The van der Waals surface area contributed by atoms with Gasteiger partial charge in [-0.3, -0.25) is 11.3 Å². The van der Waals surface area contributed by atoms with E-state index >= 15 is 0 Å². The third-order valence-corrected chi connectivity index (χ3v) is 3.80. The third-order valence-electron chi connectivity index (χ3n) is 3.80. The predicted octanol–water partition coefficient (Wildman–Crippen LogP) is 3.22. The maximum Gasteiger partial charge on any atom is 0.0215 e. The van der Waals surface area contributed by atoms with E-state index in [4.69, 9.17) is 5.84 Å². The average Bonchev–Trinajstić information content (AvgIpc) is 2.70. The average molecular weight is 212 g/mol. The van der Waals surface area contributed by atoms with Crippen molar-refractivity contribution < 1.29 is 0 Å². The summed E-state index contributed by atoms with van der Waals surface area (Å²) in [6.45, 7) is 4.61. The Labute approximate surface area is 95.0 Å². The molecule has 0 amide bonds. The second-order valence-electron chi connectivity index (χ2n) is 5.38. The van der Waals surface area contributed by atoms with Crippen LogP contribution in [0.4, 0.5) is 0 Å². The molecule has 0 spiro atoms. The van der Waals surface area contributed by atoms with Crippen molar-refractivity contribution in [3.05, 3.63) is 0 Å². The van der Waals surface area contributed by atoms with Gasteiger partial charge >= 0.3 is 0 Å². The highest BCUT2D eigenvalue weighted by Gasteiger charge is 2.20. The van der Waals surface area contributed by atoms with E-state index in [1.165, 1.54) is 51.4 Å². The first-order valence-corrected chi connectivity index (χ1v) is 6.72. The predicted molar refractivity (Wildman–Crippen MR) is 66.4 cm³/mol. The summed E-state index contributed by atoms with van der Waals surface area (Å²) in [7, 11) is 0. The van der Waals surface area contributed by atoms with Crippen LogP contribution in [0.2, 0.25) is 0 Å². The van der Waals surface area contributed by atoms with Crippen LogP contribution in [0, 0.1) is 11.8 Å². The van der Waals surface area contributed by atoms with Crippen LogP contribution in [0.25, 0.3) is 0 Å². The molecule has 2 nitrogen and oxygen atoms in total. The van der Waals surface area contributed by atoms with Gasteiger partial charge in [0.05, 0.1) is 0 Å². The SMILES string of the molecule is CCCC(C)CC(CC1CCCC1)NN. The second kappa shape index (κ2) is 7.24. The van der Waals surface area contributed by atoms with Crippen molar-refractivity contribution in [1.29, 1.82) is 0 Å². The zero-order chi connectivity index (χ0) is 11.1. The van der Waals surface area contributed by atoms with Crippen molar-refractivity contribution >= 4 is 0 Å². The maximum absolute atomic E-state index is 5.65. The van der Waals surface area contributed by atoms with E-state index in [-0.39, 0.29) is 0 Å². The Kier molecular flexibility index (Phi) is 6.26. The van der Waals surface area contributed by atoms with E-state index in [1.54, 1.807) is 0 Å². The van der Waals surface area contributed by atoms with Crippen molar-refractivity contribution in [2.75, 3.05) is 0 Å². The molecule has 1 aliphatic rings. The Morgan fingerprint density at radius 3 is 2.53 bits per heavy atom. The third kappa shape index (κ3) is 4.98. The van der Waals surface area contributed by atoms with Crippen LogP contribution in [0.3, 0.4) is 0 Å². The normalized spacial score (nSPS) is 21.8. The fraction of sp³-hybridized carbons (Fsp3) is 1.00. The van der Waals surface area contributed by atoms with Crippen molar-refractivity contribution in [2.24, 2.45) is 17.7 Å². The van der Waals surface area contributed by atoms with E-state index in [0.29, 0.717) is 6.04 Å². The molecule has 1 saturated carbocycles. The van der Waals surface area contributed by atoms with Gasteiger partial charge in [-0.2, -0.15) is 0 Å². The minimum Gasteiger partial charge on any atom is -0.271 e. The first-order chi connectivity index (χ1) is 7.26. The van der Waals surface area contributed by atoms with E-state index in [0.717, 1.165) is 11.8 Å². The summed E-state index contributed by atoms with van der Waals surface area (Å²) >= 11 is 0. The largest absolute Gasteiger partial charge is 0.271 e. The lowest BCUT2D eigenvalue weighted by Gasteiger charge is -2.22. The van der Waals surface area contributed by atoms with Crippen LogP contribution in [0.15, 0.2) is 0 Å². The molecule has 3 N–H and O–H groups in total. The van der Waals surface area contributed by atoms with Crippen molar-refractivity contribution in [1.82, 2.24) is 5.43 Å². The summed E-state index contributed by atoms with van der Waals surface area (Å²) in [5.74, 6) is 7.41. The Hall–Kier alpha value is -0.0800. The molecule has 90 valence electrons. The van der Waals surface area contributed by atoms with Crippen LogP contribution in [0.1, 0.15) is 65.2 Å². The van der Waals surface area contributed by atoms with Crippen molar-refractivity contribution in [3.63, 3.8) is 0 Å². The van der Waals surface area contributed by atoms with Crippen LogP contribution < -0.4 is 11.3 Å². The number of hydrogen-bond donors (Lipinski definition) is 2. The lowest BCUT2D eigenvalue weighted by atomic mass is 9.90. The molecule has 2 heteroatoms. The number of nitrogens with two attached hydrogens (primary N) is 1. The first kappa shape index (κ1) is 13.0. The number of hydrogen-bond acceptors (Lipinski definition) is 2. The molecule has 2 atom stereocenters. The Morgan fingerprint density at radius 2 is 2.00 bits per heavy atom. The van der Waals surface area contributed by atoms with Gasteiger partial charge in [0.1, 0.15) is 0 Å². The summed E-state index contributed by atoms with van der Waals surface area (Å²) in [4.78, 5) is 0. The van der Waals surface area contributed by atoms with E-state index < -0.39 is 0 Å². The molecule has 0 saturated heterocycles. The summed E-state index contributed by atoms with van der Waals surface area (Å²) in [6.07, 6.45) is 10.9. The summed E-state index contributed by atoms with van der Waals surface area (Å²) in [5.41, 5.74) is 3.02. The zero-order valence-corrected chi connectivity index (χ0v) is 10.5. The monoisotopic (exact) mass is 212 g/mol. The standard InChI is InChI=1S/C13H28N2/c1-3-6-11(2)9-13(15-14)10-12-7-4-5-8-12/h11-13,15H,3-10,14H2,1-2H3. The molecule has 0 aromatic heterocycles. The van der Waals surface area contributed by atoms with Gasteiger partial charge in [0.15, 0.2) is 0 Å². The molecule has 0 aromatic rings. The van der Waals surface area contributed by atoms with Crippen LogP contribution in [0.5, 0.6) is 0 Å². The van der Waals surface area contributed by atoms with Crippen molar-refractivity contribution in [3.8, 4) is 0 Å². The summed E-state index contributed by atoms with van der Waals surface area (Å²) < 4.78 is 0.